The highest BCUT2D eigenvalue weighted by Crippen LogP contribution is 2.13. The standard InChI is InChI=1S/C23H31N3O3S/c1-16(2)12-25-13-19(22(28)24-17(3)11-18-7-10-30-15-18)21(27)20(14-25)23(29)26-8-5-4-6-9-26/h7,10,13-17H,4-6,8-9,11-12H2,1-3H3,(H,24,28)/t17-/m1/s1. The number of carbonyl (C=O) groups excluding carboxylic acids is 2. The predicted molar refractivity (Wildman–Crippen MR) is 120 cm³/mol. The summed E-state index contributed by atoms with van der Waals surface area (Å²) in [6.07, 6.45) is 6.90. The summed E-state index contributed by atoms with van der Waals surface area (Å²) >= 11 is 1.62. The number of carbonyl (C=O) groups is 2. The summed E-state index contributed by atoms with van der Waals surface area (Å²) in [6, 6.07) is 1.91. The van der Waals surface area contributed by atoms with Gasteiger partial charge in [0.25, 0.3) is 11.8 Å². The first-order chi connectivity index (χ1) is 14.3. The van der Waals surface area contributed by atoms with Crippen molar-refractivity contribution < 1.29 is 9.59 Å². The van der Waals surface area contributed by atoms with Crippen molar-refractivity contribution in [3.05, 3.63) is 56.1 Å². The number of piperidine rings is 1. The zero-order valence-electron chi connectivity index (χ0n) is 18.0. The molecule has 0 radical (unpaired) electrons. The fraction of sp³-hybridized carbons (Fsp3) is 0.522. The van der Waals surface area contributed by atoms with Crippen molar-refractivity contribution in [2.75, 3.05) is 13.1 Å². The van der Waals surface area contributed by atoms with Gasteiger partial charge in [0.15, 0.2) is 0 Å². The van der Waals surface area contributed by atoms with Gasteiger partial charge in [-0.05, 0) is 60.9 Å². The van der Waals surface area contributed by atoms with E-state index >= 15 is 0 Å². The maximum Gasteiger partial charge on any atom is 0.259 e. The Kier molecular flexibility index (Phi) is 7.48. The largest absolute Gasteiger partial charge is 0.352 e. The van der Waals surface area contributed by atoms with Crippen LogP contribution < -0.4 is 10.7 Å². The van der Waals surface area contributed by atoms with Gasteiger partial charge in [0.05, 0.1) is 0 Å². The lowest BCUT2D eigenvalue weighted by atomic mass is 10.1. The number of nitrogens with zero attached hydrogens (tertiary/aromatic N) is 2. The van der Waals surface area contributed by atoms with Crippen LogP contribution in [0.5, 0.6) is 0 Å². The Morgan fingerprint density at radius 3 is 2.43 bits per heavy atom. The van der Waals surface area contributed by atoms with Gasteiger partial charge in [-0.1, -0.05) is 13.8 Å². The molecule has 6 nitrogen and oxygen atoms in total. The van der Waals surface area contributed by atoms with Crippen molar-refractivity contribution in [2.24, 2.45) is 5.92 Å². The second kappa shape index (κ2) is 10.1. The van der Waals surface area contributed by atoms with Crippen LogP contribution in [0.4, 0.5) is 0 Å². The molecule has 2 amide bonds. The Hall–Kier alpha value is -2.41. The molecular formula is C23H31N3O3S. The summed E-state index contributed by atoms with van der Waals surface area (Å²) in [7, 11) is 0. The van der Waals surface area contributed by atoms with Crippen molar-refractivity contribution in [1.29, 1.82) is 0 Å². The first-order valence-corrected chi connectivity index (χ1v) is 11.6. The molecule has 1 fully saturated rings. The Labute approximate surface area is 181 Å². The van der Waals surface area contributed by atoms with Gasteiger partial charge in [-0.15, -0.1) is 0 Å². The van der Waals surface area contributed by atoms with E-state index in [4.69, 9.17) is 0 Å². The average molecular weight is 430 g/mol. The van der Waals surface area contributed by atoms with E-state index in [2.05, 4.69) is 24.5 Å². The van der Waals surface area contributed by atoms with Crippen molar-refractivity contribution in [2.45, 2.75) is 59.0 Å². The molecule has 0 saturated carbocycles. The molecule has 30 heavy (non-hydrogen) atoms. The molecule has 1 atom stereocenters. The van der Waals surface area contributed by atoms with Crippen LogP contribution in [0.3, 0.4) is 0 Å². The maximum absolute atomic E-state index is 13.1. The van der Waals surface area contributed by atoms with Crippen molar-refractivity contribution in [3.63, 3.8) is 0 Å². The first kappa shape index (κ1) is 22.3. The number of thiophene rings is 1. The molecule has 2 aromatic rings. The van der Waals surface area contributed by atoms with Crippen LogP contribution in [-0.4, -0.2) is 40.4 Å². The normalized spacial score (nSPS) is 15.3. The number of likely N-dealkylation sites (tertiary alicyclic amines) is 1. The van der Waals surface area contributed by atoms with Gasteiger partial charge in [-0.25, -0.2) is 0 Å². The molecule has 1 saturated heterocycles. The molecule has 0 spiro atoms. The summed E-state index contributed by atoms with van der Waals surface area (Å²) in [5.41, 5.74) is 0.802. The van der Waals surface area contributed by atoms with Crippen LogP contribution in [0.15, 0.2) is 34.0 Å². The van der Waals surface area contributed by atoms with Crippen LogP contribution in [0.2, 0.25) is 0 Å². The number of pyridine rings is 1. The smallest absolute Gasteiger partial charge is 0.259 e. The van der Waals surface area contributed by atoms with Gasteiger partial charge >= 0.3 is 0 Å². The molecule has 1 aliphatic heterocycles. The quantitative estimate of drug-likeness (QED) is 0.732. The summed E-state index contributed by atoms with van der Waals surface area (Å²) < 4.78 is 1.81. The molecule has 3 rings (SSSR count). The van der Waals surface area contributed by atoms with Crippen molar-refractivity contribution in [3.8, 4) is 0 Å². The zero-order chi connectivity index (χ0) is 21.7. The van der Waals surface area contributed by atoms with Gasteiger partial charge in [-0.3, -0.25) is 14.4 Å². The lowest BCUT2D eigenvalue weighted by Gasteiger charge is -2.27. The highest BCUT2D eigenvalue weighted by atomic mass is 32.1. The minimum absolute atomic E-state index is 0.0377. The molecule has 0 aromatic carbocycles. The van der Waals surface area contributed by atoms with E-state index < -0.39 is 11.3 Å². The maximum atomic E-state index is 13.1. The predicted octanol–water partition coefficient (Wildman–Crippen LogP) is 3.55. The van der Waals surface area contributed by atoms with Gasteiger partial charge in [-0.2, -0.15) is 11.3 Å². The molecule has 3 heterocycles. The van der Waals surface area contributed by atoms with Crippen LogP contribution in [0, 0.1) is 5.92 Å². The van der Waals surface area contributed by atoms with E-state index in [9.17, 15) is 14.4 Å². The first-order valence-electron chi connectivity index (χ1n) is 10.7. The van der Waals surface area contributed by atoms with Crippen molar-refractivity contribution >= 4 is 23.2 Å². The highest BCUT2D eigenvalue weighted by Gasteiger charge is 2.25. The third-order valence-corrected chi connectivity index (χ3v) is 6.00. The third kappa shape index (κ3) is 5.59. The minimum Gasteiger partial charge on any atom is -0.352 e. The number of aromatic nitrogens is 1. The lowest BCUT2D eigenvalue weighted by Crippen LogP contribution is -2.41. The summed E-state index contributed by atoms with van der Waals surface area (Å²) in [5.74, 6) is -0.370. The molecule has 0 unspecified atom stereocenters. The Balaban J connectivity index is 1.87. The molecule has 1 aliphatic rings. The van der Waals surface area contributed by atoms with Crippen LogP contribution in [-0.2, 0) is 13.0 Å². The van der Waals surface area contributed by atoms with E-state index in [1.54, 1.807) is 28.6 Å². The molecule has 0 bridgehead atoms. The van der Waals surface area contributed by atoms with Crippen LogP contribution in [0.1, 0.15) is 66.3 Å². The molecule has 162 valence electrons. The summed E-state index contributed by atoms with van der Waals surface area (Å²) in [5, 5.41) is 6.98. The van der Waals surface area contributed by atoms with E-state index in [0.717, 1.165) is 24.8 Å². The molecular weight excluding hydrogens is 398 g/mol. The van der Waals surface area contributed by atoms with Crippen molar-refractivity contribution in [1.82, 2.24) is 14.8 Å². The summed E-state index contributed by atoms with van der Waals surface area (Å²) in [4.78, 5) is 40.8. The molecule has 7 heteroatoms. The van der Waals surface area contributed by atoms with Gasteiger partial charge in [0.2, 0.25) is 5.43 Å². The molecule has 0 aliphatic carbocycles. The highest BCUT2D eigenvalue weighted by molar-refractivity contribution is 7.07. The Bertz CT molecular complexity index is 928. The fourth-order valence-electron chi connectivity index (χ4n) is 3.85. The number of hydrogen-bond acceptors (Lipinski definition) is 4. The fourth-order valence-corrected chi connectivity index (χ4v) is 4.54. The van der Waals surface area contributed by atoms with Gasteiger partial charge in [0, 0.05) is 38.1 Å². The van der Waals surface area contributed by atoms with E-state index in [0.29, 0.717) is 32.0 Å². The number of nitrogens with one attached hydrogen (secondary N) is 1. The Morgan fingerprint density at radius 1 is 1.10 bits per heavy atom. The van der Waals surface area contributed by atoms with E-state index in [1.807, 2.05) is 22.9 Å². The second-order valence-corrected chi connectivity index (χ2v) is 9.35. The lowest BCUT2D eigenvalue weighted by molar-refractivity contribution is 0.0722. The minimum atomic E-state index is -0.481. The number of hydrogen-bond donors (Lipinski definition) is 1. The second-order valence-electron chi connectivity index (χ2n) is 8.57. The monoisotopic (exact) mass is 429 g/mol. The Morgan fingerprint density at radius 2 is 1.80 bits per heavy atom. The number of amides is 2. The average Bonchev–Trinajstić information content (AvgIpc) is 3.21. The van der Waals surface area contributed by atoms with Gasteiger partial charge in [0.1, 0.15) is 11.1 Å². The van der Waals surface area contributed by atoms with Gasteiger partial charge < -0.3 is 14.8 Å². The SMILES string of the molecule is CC(C)Cn1cc(C(=O)N[C@H](C)Cc2ccsc2)c(=O)c(C(=O)N2CCCCC2)c1. The topological polar surface area (TPSA) is 71.4 Å². The molecule has 2 aromatic heterocycles. The summed E-state index contributed by atoms with van der Waals surface area (Å²) in [6.45, 7) is 8.00. The zero-order valence-corrected chi connectivity index (χ0v) is 18.8. The van der Waals surface area contributed by atoms with Crippen LogP contribution in [0.25, 0.3) is 0 Å². The van der Waals surface area contributed by atoms with E-state index in [-0.39, 0.29) is 23.1 Å². The number of rotatable bonds is 7. The third-order valence-electron chi connectivity index (χ3n) is 5.27. The van der Waals surface area contributed by atoms with E-state index in [1.165, 1.54) is 0 Å². The van der Waals surface area contributed by atoms with Crippen LogP contribution >= 0.6 is 11.3 Å². The molecule has 1 N–H and O–H groups in total.